The highest BCUT2D eigenvalue weighted by molar-refractivity contribution is 5.82. The van der Waals surface area contributed by atoms with E-state index in [0.717, 1.165) is 17.3 Å². The Morgan fingerprint density at radius 3 is 2.92 bits per heavy atom. The van der Waals surface area contributed by atoms with Crippen LogP contribution in [0.1, 0.15) is 25.3 Å². The molecule has 6 heteroatoms. The molecule has 0 saturated carbocycles. The molecule has 1 aliphatic rings. The number of hydrogen-bond donors (Lipinski definition) is 2. The smallest absolute Gasteiger partial charge is 0.220 e. The number of fused-ring (bicyclic) bond motifs is 1. The van der Waals surface area contributed by atoms with Crippen molar-refractivity contribution in [2.24, 2.45) is 5.92 Å². The van der Waals surface area contributed by atoms with Crippen molar-refractivity contribution in [1.29, 1.82) is 0 Å². The van der Waals surface area contributed by atoms with Gasteiger partial charge in [0.2, 0.25) is 11.8 Å². The summed E-state index contributed by atoms with van der Waals surface area (Å²) in [5.74, 6) is 0.190. The molecule has 3 rings (SSSR count). The second-order valence-electron chi connectivity index (χ2n) is 6.75. The molecule has 26 heavy (non-hydrogen) atoms. The monoisotopic (exact) mass is 355 g/mol. The largest absolute Gasteiger partial charge is 0.379 e. The molecule has 1 aliphatic heterocycles. The number of aromatic nitrogens is 1. The molecule has 2 aromatic rings. The lowest BCUT2D eigenvalue weighted by Gasteiger charge is -2.20. The van der Waals surface area contributed by atoms with Crippen LogP contribution in [0.3, 0.4) is 0 Å². The Labute approximate surface area is 153 Å². The predicted octanol–water partition coefficient (Wildman–Crippen LogP) is 1.82. The minimum absolute atomic E-state index is 0.00967. The molecule has 138 valence electrons. The van der Waals surface area contributed by atoms with Crippen molar-refractivity contribution in [3.63, 3.8) is 0 Å². The lowest BCUT2D eigenvalue weighted by atomic mass is 9.93. The fraction of sp³-hybridized carbons (Fsp3) is 0.450. The topological polar surface area (TPSA) is 80.3 Å². The first kappa shape index (κ1) is 18.3. The van der Waals surface area contributed by atoms with Crippen LogP contribution in [0.5, 0.6) is 0 Å². The van der Waals surface area contributed by atoms with Crippen molar-refractivity contribution in [2.75, 3.05) is 19.8 Å². The lowest BCUT2D eigenvalue weighted by molar-refractivity contribution is -0.123. The molecule has 2 amide bonds. The summed E-state index contributed by atoms with van der Waals surface area (Å²) < 4.78 is 5.62. The summed E-state index contributed by atoms with van der Waals surface area (Å²) >= 11 is 0. The van der Waals surface area contributed by atoms with E-state index in [1.165, 1.54) is 12.5 Å². The van der Waals surface area contributed by atoms with E-state index in [2.05, 4.69) is 21.7 Å². The Kier molecular flexibility index (Phi) is 6.17. The molecule has 0 radical (unpaired) electrons. The maximum atomic E-state index is 12.2. The van der Waals surface area contributed by atoms with E-state index in [9.17, 15) is 9.59 Å². The molecule has 0 spiro atoms. The van der Waals surface area contributed by atoms with Gasteiger partial charge in [0.05, 0.1) is 24.8 Å². The van der Waals surface area contributed by atoms with Gasteiger partial charge in [-0.3, -0.25) is 14.6 Å². The highest BCUT2D eigenvalue weighted by atomic mass is 16.5. The van der Waals surface area contributed by atoms with Crippen LogP contribution in [-0.2, 0) is 20.7 Å². The first-order valence-electron chi connectivity index (χ1n) is 9.07. The Morgan fingerprint density at radius 2 is 2.08 bits per heavy atom. The first-order valence-corrected chi connectivity index (χ1v) is 9.07. The molecule has 1 aromatic carbocycles. The molecule has 1 saturated heterocycles. The quantitative estimate of drug-likeness (QED) is 0.743. The summed E-state index contributed by atoms with van der Waals surface area (Å²) in [4.78, 5) is 27.4. The second kappa shape index (κ2) is 8.76. The third-order valence-corrected chi connectivity index (χ3v) is 4.72. The van der Waals surface area contributed by atoms with Crippen LogP contribution in [-0.4, -0.2) is 42.6 Å². The minimum Gasteiger partial charge on any atom is -0.379 e. The van der Waals surface area contributed by atoms with Gasteiger partial charge in [-0.15, -0.1) is 0 Å². The first-order chi connectivity index (χ1) is 12.6. The maximum absolute atomic E-state index is 12.2. The zero-order chi connectivity index (χ0) is 18.4. The average molecular weight is 355 g/mol. The number of hydrogen-bond acceptors (Lipinski definition) is 4. The molecule has 1 aromatic heterocycles. The molecular formula is C20H25N3O3. The lowest BCUT2D eigenvalue weighted by Crippen LogP contribution is -2.40. The fourth-order valence-corrected chi connectivity index (χ4v) is 3.37. The Balaban J connectivity index is 1.56. The van der Waals surface area contributed by atoms with Crippen molar-refractivity contribution in [3.8, 4) is 0 Å². The van der Waals surface area contributed by atoms with Crippen molar-refractivity contribution in [3.05, 3.63) is 42.1 Å². The van der Waals surface area contributed by atoms with E-state index >= 15 is 0 Å². The van der Waals surface area contributed by atoms with Gasteiger partial charge in [-0.1, -0.05) is 18.2 Å². The van der Waals surface area contributed by atoms with Gasteiger partial charge in [-0.05, 0) is 30.5 Å². The summed E-state index contributed by atoms with van der Waals surface area (Å²) in [5, 5.41) is 6.95. The molecule has 1 fully saturated rings. The summed E-state index contributed by atoms with van der Waals surface area (Å²) in [6, 6.07) is 10.2. The third-order valence-electron chi connectivity index (χ3n) is 4.72. The number of benzene rings is 1. The molecule has 0 unspecified atom stereocenters. The molecule has 0 bridgehead atoms. The number of pyridine rings is 1. The summed E-state index contributed by atoms with van der Waals surface area (Å²) in [5.41, 5.74) is 2.22. The van der Waals surface area contributed by atoms with Gasteiger partial charge in [0.15, 0.2) is 0 Å². The third kappa shape index (κ3) is 4.79. The number of carbonyl (C=O) groups excluding carboxylic acids is 2. The number of carbonyl (C=O) groups is 2. The Morgan fingerprint density at radius 1 is 1.23 bits per heavy atom. The van der Waals surface area contributed by atoms with Crippen LogP contribution < -0.4 is 10.6 Å². The molecule has 2 heterocycles. The van der Waals surface area contributed by atoms with Crippen LogP contribution >= 0.6 is 0 Å². The van der Waals surface area contributed by atoms with E-state index in [-0.39, 0.29) is 23.8 Å². The zero-order valence-electron chi connectivity index (χ0n) is 15.0. The summed E-state index contributed by atoms with van der Waals surface area (Å²) in [6.45, 7) is 3.19. The second-order valence-corrected chi connectivity index (χ2v) is 6.75. The van der Waals surface area contributed by atoms with Gasteiger partial charge in [0, 0.05) is 37.4 Å². The van der Waals surface area contributed by atoms with E-state index in [1.807, 2.05) is 30.5 Å². The van der Waals surface area contributed by atoms with E-state index < -0.39 is 0 Å². The Hall–Kier alpha value is -2.47. The van der Waals surface area contributed by atoms with Crippen molar-refractivity contribution >= 4 is 22.7 Å². The minimum atomic E-state index is -0.0701. The van der Waals surface area contributed by atoms with Crippen molar-refractivity contribution < 1.29 is 14.3 Å². The molecule has 0 aliphatic carbocycles. The number of para-hydroxylation sites is 1. The van der Waals surface area contributed by atoms with Crippen molar-refractivity contribution in [2.45, 2.75) is 32.2 Å². The summed E-state index contributed by atoms with van der Waals surface area (Å²) in [7, 11) is 0. The van der Waals surface area contributed by atoms with Gasteiger partial charge in [0.25, 0.3) is 0 Å². The number of rotatable bonds is 7. The van der Waals surface area contributed by atoms with Gasteiger partial charge in [0.1, 0.15) is 0 Å². The van der Waals surface area contributed by atoms with E-state index in [1.54, 1.807) is 0 Å². The van der Waals surface area contributed by atoms with Crippen LogP contribution in [0.25, 0.3) is 10.9 Å². The maximum Gasteiger partial charge on any atom is 0.220 e. The van der Waals surface area contributed by atoms with Gasteiger partial charge < -0.3 is 15.4 Å². The number of nitrogens with zero attached hydrogens (tertiary/aromatic N) is 1. The summed E-state index contributed by atoms with van der Waals surface area (Å²) in [6.07, 6.45) is 3.73. The fourth-order valence-electron chi connectivity index (χ4n) is 3.37. The number of ether oxygens (including phenoxy) is 1. The van der Waals surface area contributed by atoms with Crippen LogP contribution in [0.4, 0.5) is 0 Å². The van der Waals surface area contributed by atoms with E-state index in [0.29, 0.717) is 32.6 Å². The zero-order valence-corrected chi connectivity index (χ0v) is 15.0. The van der Waals surface area contributed by atoms with Gasteiger partial charge in [-0.2, -0.15) is 0 Å². The molecule has 6 nitrogen and oxygen atoms in total. The van der Waals surface area contributed by atoms with Crippen LogP contribution in [0.2, 0.25) is 0 Å². The highest BCUT2D eigenvalue weighted by Crippen LogP contribution is 2.24. The van der Waals surface area contributed by atoms with Crippen LogP contribution in [0, 0.1) is 5.92 Å². The number of amides is 2. The molecule has 2 atom stereocenters. The Bertz CT molecular complexity index is 772. The van der Waals surface area contributed by atoms with Gasteiger partial charge in [-0.25, -0.2) is 0 Å². The SMILES string of the molecule is CC(=O)NCCCC(=O)N[C@H]1COC[C@H]1Cc1ccnc2ccccc12. The predicted molar refractivity (Wildman–Crippen MR) is 99.6 cm³/mol. The standard InChI is InChI=1S/C20H25N3O3/c1-14(24)21-9-4-7-20(25)23-19-13-26-12-16(19)11-15-8-10-22-18-6-3-2-5-17(15)18/h2-3,5-6,8,10,16,19H,4,7,9,11-13H2,1H3,(H,21,24)(H,23,25)/t16-,19+/m1/s1. The van der Waals surface area contributed by atoms with E-state index in [4.69, 9.17) is 4.74 Å². The van der Waals surface area contributed by atoms with Gasteiger partial charge >= 0.3 is 0 Å². The molecular weight excluding hydrogens is 330 g/mol. The normalized spacial score (nSPS) is 19.4. The highest BCUT2D eigenvalue weighted by Gasteiger charge is 2.29. The molecule has 2 N–H and O–H groups in total. The van der Waals surface area contributed by atoms with Crippen LogP contribution in [0.15, 0.2) is 36.5 Å². The van der Waals surface area contributed by atoms with Crippen molar-refractivity contribution in [1.82, 2.24) is 15.6 Å². The number of nitrogens with one attached hydrogen (secondary N) is 2. The average Bonchev–Trinajstić information content (AvgIpc) is 3.05.